The van der Waals surface area contributed by atoms with Gasteiger partial charge in [0.05, 0.1) is 4.47 Å². The Morgan fingerprint density at radius 3 is 2.69 bits per heavy atom. The third kappa shape index (κ3) is 3.91. The standard InChI is InChI=1S/C11H17BrClN3/c1-11(2,3)9(4-5-13)16-10-8(12)6-14-7-15-10/h6-7,9H,4-5H2,1-3H3,(H,14,15,16). The van der Waals surface area contributed by atoms with Gasteiger partial charge in [0, 0.05) is 18.1 Å². The van der Waals surface area contributed by atoms with Crippen molar-refractivity contribution in [1.82, 2.24) is 9.97 Å². The van der Waals surface area contributed by atoms with Crippen LogP contribution in [0.1, 0.15) is 27.2 Å². The highest BCUT2D eigenvalue weighted by atomic mass is 79.9. The molecule has 0 saturated carbocycles. The molecular formula is C11H17BrClN3. The van der Waals surface area contributed by atoms with Crippen molar-refractivity contribution < 1.29 is 0 Å². The van der Waals surface area contributed by atoms with Crippen LogP contribution >= 0.6 is 27.5 Å². The largest absolute Gasteiger partial charge is 0.366 e. The number of hydrogen-bond donors (Lipinski definition) is 1. The van der Waals surface area contributed by atoms with Crippen LogP contribution in [0.2, 0.25) is 0 Å². The van der Waals surface area contributed by atoms with Crippen LogP contribution < -0.4 is 5.32 Å². The number of anilines is 1. The van der Waals surface area contributed by atoms with E-state index in [2.05, 4.69) is 52.0 Å². The highest BCUT2D eigenvalue weighted by Gasteiger charge is 2.24. The van der Waals surface area contributed by atoms with Crippen molar-refractivity contribution >= 4 is 33.3 Å². The van der Waals surface area contributed by atoms with Gasteiger partial charge in [0.15, 0.2) is 0 Å². The lowest BCUT2D eigenvalue weighted by atomic mass is 9.85. The summed E-state index contributed by atoms with van der Waals surface area (Å²) in [4.78, 5) is 8.14. The van der Waals surface area contributed by atoms with Crippen molar-refractivity contribution in [3.8, 4) is 0 Å². The fourth-order valence-electron chi connectivity index (χ4n) is 1.41. The van der Waals surface area contributed by atoms with Gasteiger partial charge in [0.2, 0.25) is 0 Å². The maximum absolute atomic E-state index is 5.82. The SMILES string of the molecule is CC(C)(C)C(CCCl)Nc1ncncc1Br. The molecule has 1 N–H and O–H groups in total. The summed E-state index contributed by atoms with van der Waals surface area (Å²) in [6.45, 7) is 6.56. The number of rotatable bonds is 4. The predicted molar refractivity (Wildman–Crippen MR) is 71.9 cm³/mol. The molecule has 0 saturated heterocycles. The zero-order chi connectivity index (χ0) is 12.2. The summed E-state index contributed by atoms with van der Waals surface area (Å²) >= 11 is 9.25. The van der Waals surface area contributed by atoms with E-state index < -0.39 is 0 Å². The molecule has 1 unspecified atom stereocenters. The second-order valence-electron chi connectivity index (χ2n) is 4.76. The van der Waals surface area contributed by atoms with Crippen molar-refractivity contribution in [3.05, 3.63) is 17.0 Å². The first-order valence-electron chi connectivity index (χ1n) is 5.23. The first kappa shape index (κ1) is 13.7. The molecule has 0 amide bonds. The maximum atomic E-state index is 5.82. The Morgan fingerprint density at radius 1 is 1.50 bits per heavy atom. The first-order valence-corrected chi connectivity index (χ1v) is 6.56. The molecular weight excluding hydrogens is 289 g/mol. The third-order valence-electron chi connectivity index (χ3n) is 2.42. The second-order valence-corrected chi connectivity index (χ2v) is 5.99. The third-order valence-corrected chi connectivity index (χ3v) is 3.22. The fraction of sp³-hybridized carbons (Fsp3) is 0.636. The van der Waals surface area contributed by atoms with Crippen molar-refractivity contribution in [2.45, 2.75) is 33.2 Å². The summed E-state index contributed by atoms with van der Waals surface area (Å²) in [5.41, 5.74) is 0.138. The molecule has 1 aromatic heterocycles. The molecule has 0 spiro atoms. The molecule has 90 valence electrons. The lowest BCUT2D eigenvalue weighted by Crippen LogP contribution is -2.34. The van der Waals surface area contributed by atoms with Crippen LogP contribution in [0.15, 0.2) is 17.0 Å². The van der Waals surface area contributed by atoms with Gasteiger partial charge < -0.3 is 5.32 Å². The zero-order valence-electron chi connectivity index (χ0n) is 9.80. The number of alkyl halides is 1. The van der Waals surface area contributed by atoms with Gasteiger partial charge in [-0.3, -0.25) is 0 Å². The summed E-state index contributed by atoms with van der Waals surface area (Å²) in [5.74, 6) is 1.46. The van der Waals surface area contributed by atoms with Gasteiger partial charge >= 0.3 is 0 Å². The lowest BCUT2D eigenvalue weighted by Gasteiger charge is -2.31. The van der Waals surface area contributed by atoms with Crippen LogP contribution in [0.3, 0.4) is 0 Å². The van der Waals surface area contributed by atoms with E-state index in [4.69, 9.17) is 11.6 Å². The highest BCUT2D eigenvalue weighted by Crippen LogP contribution is 2.27. The van der Waals surface area contributed by atoms with Crippen LogP contribution in [-0.4, -0.2) is 21.9 Å². The summed E-state index contributed by atoms with van der Waals surface area (Å²) in [6, 6.07) is 0.288. The van der Waals surface area contributed by atoms with Gasteiger partial charge in [-0.05, 0) is 27.8 Å². The summed E-state index contributed by atoms with van der Waals surface area (Å²) in [7, 11) is 0. The van der Waals surface area contributed by atoms with Gasteiger partial charge in [-0.15, -0.1) is 11.6 Å². The Labute approximate surface area is 110 Å². The molecule has 16 heavy (non-hydrogen) atoms. The molecule has 3 nitrogen and oxygen atoms in total. The van der Waals surface area contributed by atoms with Crippen LogP contribution in [0.4, 0.5) is 5.82 Å². The normalized spacial score (nSPS) is 13.6. The summed E-state index contributed by atoms with van der Waals surface area (Å²) in [6.07, 6.45) is 4.17. The van der Waals surface area contributed by atoms with E-state index in [0.29, 0.717) is 5.88 Å². The Balaban J connectivity index is 2.80. The Bertz CT molecular complexity index is 338. The minimum absolute atomic E-state index is 0.138. The predicted octanol–water partition coefficient (Wildman–Crippen LogP) is 3.69. The summed E-state index contributed by atoms with van der Waals surface area (Å²) in [5, 5.41) is 3.41. The number of halogens is 2. The van der Waals surface area contributed by atoms with Crippen LogP contribution in [0, 0.1) is 5.41 Å². The van der Waals surface area contributed by atoms with Crippen LogP contribution in [0.5, 0.6) is 0 Å². The molecule has 1 rings (SSSR count). The fourth-order valence-corrected chi connectivity index (χ4v) is 1.97. The van der Waals surface area contributed by atoms with Crippen LogP contribution in [0.25, 0.3) is 0 Å². The van der Waals surface area contributed by atoms with E-state index in [9.17, 15) is 0 Å². The van der Waals surface area contributed by atoms with E-state index in [-0.39, 0.29) is 11.5 Å². The highest BCUT2D eigenvalue weighted by molar-refractivity contribution is 9.10. The molecule has 1 heterocycles. The van der Waals surface area contributed by atoms with Gasteiger partial charge in [-0.25, -0.2) is 9.97 Å². The Morgan fingerprint density at radius 2 is 2.19 bits per heavy atom. The van der Waals surface area contributed by atoms with Crippen molar-refractivity contribution in [3.63, 3.8) is 0 Å². The lowest BCUT2D eigenvalue weighted by molar-refractivity contribution is 0.334. The molecule has 5 heteroatoms. The number of hydrogen-bond acceptors (Lipinski definition) is 3. The zero-order valence-corrected chi connectivity index (χ0v) is 12.1. The van der Waals surface area contributed by atoms with E-state index >= 15 is 0 Å². The van der Waals surface area contributed by atoms with Crippen molar-refractivity contribution in [2.24, 2.45) is 5.41 Å². The topological polar surface area (TPSA) is 37.8 Å². The molecule has 1 atom stereocenters. The number of nitrogens with one attached hydrogen (secondary N) is 1. The van der Waals surface area contributed by atoms with Crippen molar-refractivity contribution in [2.75, 3.05) is 11.2 Å². The molecule has 0 aliphatic heterocycles. The maximum Gasteiger partial charge on any atom is 0.143 e. The van der Waals surface area contributed by atoms with E-state index in [0.717, 1.165) is 16.7 Å². The van der Waals surface area contributed by atoms with Crippen molar-refractivity contribution in [1.29, 1.82) is 0 Å². The first-order chi connectivity index (χ1) is 7.45. The quantitative estimate of drug-likeness (QED) is 0.862. The molecule has 0 aliphatic rings. The van der Waals surface area contributed by atoms with Gasteiger partial charge in [0.25, 0.3) is 0 Å². The van der Waals surface area contributed by atoms with E-state index in [1.807, 2.05) is 0 Å². The number of aromatic nitrogens is 2. The average Bonchev–Trinajstić information content (AvgIpc) is 2.19. The van der Waals surface area contributed by atoms with Crippen LogP contribution in [-0.2, 0) is 0 Å². The summed E-state index contributed by atoms with van der Waals surface area (Å²) < 4.78 is 0.874. The molecule has 0 fully saturated rings. The molecule has 0 aliphatic carbocycles. The number of nitrogens with zero attached hydrogens (tertiary/aromatic N) is 2. The molecule has 1 aromatic rings. The molecule has 0 bridgehead atoms. The minimum atomic E-state index is 0.138. The molecule has 0 aromatic carbocycles. The Kier molecular flexibility index (Phi) is 4.99. The minimum Gasteiger partial charge on any atom is -0.366 e. The monoisotopic (exact) mass is 305 g/mol. The van der Waals surface area contributed by atoms with Gasteiger partial charge in [-0.2, -0.15) is 0 Å². The smallest absolute Gasteiger partial charge is 0.143 e. The average molecular weight is 307 g/mol. The second kappa shape index (κ2) is 5.82. The van der Waals surface area contributed by atoms with E-state index in [1.165, 1.54) is 6.33 Å². The van der Waals surface area contributed by atoms with Gasteiger partial charge in [-0.1, -0.05) is 20.8 Å². The van der Waals surface area contributed by atoms with Gasteiger partial charge in [0.1, 0.15) is 12.1 Å². The van der Waals surface area contributed by atoms with E-state index in [1.54, 1.807) is 6.20 Å². The Hall–Kier alpha value is -0.350. The molecule has 0 radical (unpaired) electrons.